The lowest BCUT2D eigenvalue weighted by atomic mass is 10.2. The zero-order valence-corrected chi connectivity index (χ0v) is 14.6. The minimum absolute atomic E-state index is 0.206. The summed E-state index contributed by atoms with van der Waals surface area (Å²) < 4.78 is 24.5. The van der Waals surface area contributed by atoms with Crippen LogP contribution < -0.4 is 15.4 Å². The van der Waals surface area contributed by atoms with E-state index in [0.717, 1.165) is 18.5 Å². The molecule has 134 valence electrons. The third-order valence-corrected chi connectivity index (χ3v) is 3.52. The number of aliphatic imine (C=N–C) groups is 1. The van der Waals surface area contributed by atoms with Crippen molar-refractivity contribution in [2.24, 2.45) is 4.99 Å². The molecule has 0 atom stereocenters. The van der Waals surface area contributed by atoms with Gasteiger partial charge in [0.05, 0.1) is 0 Å². The average Bonchev–Trinajstić information content (AvgIpc) is 2.64. The summed E-state index contributed by atoms with van der Waals surface area (Å²) in [4.78, 5) is 4.18. The first-order valence-electron chi connectivity index (χ1n) is 8.18. The molecule has 2 N–H and O–H groups in total. The van der Waals surface area contributed by atoms with Crippen molar-refractivity contribution < 1.29 is 13.9 Å². The first-order valence-corrected chi connectivity index (χ1v) is 8.18. The highest BCUT2D eigenvalue weighted by Gasteiger charge is 2.08. The van der Waals surface area contributed by atoms with Crippen LogP contribution in [0.2, 0.25) is 0 Å². The molecule has 0 saturated carbocycles. The zero-order valence-electron chi connectivity index (χ0n) is 14.6. The number of hydrogen-bond acceptors (Lipinski definition) is 3. The summed E-state index contributed by atoms with van der Waals surface area (Å²) in [6.07, 6.45) is 0.893. The summed E-state index contributed by atoms with van der Waals surface area (Å²) in [5.74, 6) is 1.12. The second-order valence-electron chi connectivity index (χ2n) is 5.34. The molecule has 0 aliphatic heterocycles. The van der Waals surface area contributed by atoms with Gasteiger partial charge in [0.15, 0.2) is 17.5 Å². The van der Waals surface area contributed by atoms with Crippen LogP contribution in [-0.2, 0) is 11.3 Å². The van der Waals surface area contributed by atoms with Crippen LogP contribution in [0.4, 0.5) is 4.39 Å². The fourth-order valence-corrected chi connectivity index (χ4v) is 2.22. The lowest BCUT2D eigenvalue weighted by molar-refractivity contribution is 0.195. The molecule has 6 heteroatoms. The predicted octanol–water partition coefficient (Wildman–Crippen LogP) is 3.32. The number of halogens is 1. The van der Waals surface area contributed by atoms with E-state index in [0.29, 0.717) is 24.9 Å². The molecule has 0 aliphatic carbocycles. The van der Waals surface area contributed by atoms with Gasteiger partial charge in [-0.25, -0.2) is 4.39 Å². The van der Waals surface area contributed by atoms with Crippen molar-refractivity contribution in [2.45, 2.75) is 13.0 Å². The molecule has 2 aromatic rings. The molecule has 0 radical (unpaired) electrons. The van der Waals surface area contributed by atoms with Crippen LogP contribution in [0, 0.1) is 5.82 Å². The number of guanidine groups is 1. The number of ether oxygens (including phenoxy) is 2. The second-order valence-corrected chi connectivity index (χ2v) is 5.34. The van der Waals surface area contributed by atoms with Gasteiger partial charge in [-0.3, -0.25) is 4.99 Å². The summed E-state index contributed by atoms with van der Waals surface area (Å²) in [5.41, 5.74) is 0.908. The fraction of sp³-hybridized carbons (Fsp3) is 0.316. The van der Waals surface area contributed by atoms with Crippen molar-refractivity contribution in [2.75, 3.05) is 27.3 Å². The quantitative estimate of drug-likeness (QED) is 0.438. The number of rotatable bonds is 8. The minimum Gasteiger partial charge on any atom is -0.454 e. The van der Waals surface area contributed by atoms with Crippen molar-refractivity contribution in [1.82, 2.24) is 10.6 Å². The van der Waals surface area contributed by atoms with E-state index in [9.17, 15) is 4.39 Å². The number of nitrogens with one attached hydrogen (secondary N) is 2. The Balaban J connectivity index is 1.97. The lowest BCUT2D eigenvalue weighted by Crippen LogP contribution is -2.37. The number of methoxy groups -OCH3 is 1. The van der Waals surface area contributed by atoms with Gasteiger partial charge in [-0.2, -0.15) is 0 Å². The Kier molecular flexibility index (Phi) is 7.72. The van der Waals surface area contributed by atoms with Crippen molar-refractivity contribution in [3.8, 4) is 11.5 Å². The molecule has 0 unspecified atom stereocenters. The van der Waals surface area contributed by atoms with E-state index in [1.165, 1.54) is 6.07 Å². The van der Waals surface area contributed by atoms with Gasteiger partial charge in [-0.05, 0) is 24.6 Å². The van der Waals surface area contributed by atoms with Crippen molar-refractivity contribution in [3.05, 3.63) is 59.9 Å². The summed E-state index contributed by atoms with van der Waals surface area (Å²) in [5, 5.41) is 6.44. The van der Waals surface area contributed by atoms with E-state index in [4.69, 9.17) is 9.47 Å². The van der Waals surface area contributed by atoms with E-state index < -0.39 is 0 Å². The lowest BCUT2D eigenvalue weighted by Gasteiger charge is -2.15. The summed E-state index contributed by atoms with van der Waals surface area (Å²) in [7, 11) is 3.40. The van der Waals surface area contributed by atoms with Gasteiger partial charge in [-0.15, -0.1) is 0 Å². The monoisotopic (exact) mass is 345 g/mol. The SMILES string of the molecule is CN=C(NCCCOC)NCc1ccccc1Oc1ccccc1F. The number of hydrogen-bond donors (Lipinski definition) is 2. The Morgan fingerprint density at radius 2 is 1.76 bits per heavy atom. The number of nitrogens with zero attached hydrogens (tertiary/aromatic N) is 1. The summed E-state index contributed by atoms with van der Waals surface area (Å²) >= 11 is 0. The molecule has 2 aromatic carbocycles. The van der Waals surface area contributed by atoms with E-state index in [1.54, 1.807) is 32.4 Å². The third-order valence-electron chi connectivity index (χ3n) is 3.52. The first kappa shape index (κ1) is 18.7. The molecule has 0 aromatic heterocycles. The molecule has 5 nitrogen and oxygen atoms in total. The van der Waals surface area contributed by atoms with Gasteiger partial charge in [0.25, 0.3) is 0 Å². The van der Waals surface area contributed by atoms with Crippen LogP contribution in [0.5, 0.6) is 11.5 Å². The Morgan fingerprint density at radius 3 is 2.48 bits per heavy atom. The topological polar surface area (TPSA) is 54.9 Å². The minimum atomic E-state index is -0.388. The Morgan fingerprint density at radius 1 is 1.04 bits per heavy atom. The van der Waals surface area contributed by atoms with Crippen molar-refractivity contribution >= 4 is 5.96 Å². The van der Waals surface area contributed by atoms with Gasteiger partial charge in [-0.1, -0.05) is 30.3 Å². The largest absolute Gasteiger partial charge is 0.454 e. The van der Waals surface area contributed by atoms with Crippen LogP contribution >= 0.6 is 0 Å². The molecular weight excluding hydrogens is 321 g/mol. The fourth-order valence-electron chi connectivity index (χ4n) is 2.22. The van der Waals surface area contributed by atoms with Crippen LogP contribution in [0.25, 0.3) is 0 Å². The molecule has 25 heavy (non-hydrogen) atoms. The molecular formula is C19H24FN3O2. The summed E-state index contributed by atoms with van der Waals surface area (Å²) in [6.45, 7) is 1.97. The number of para-hydroxylation sites is 2. The van der Waals surface area contributed by atoms with Crippen molar-refractivity contribution in [1.29, 1.82) is 0 Å². The highest BCUT2D eigenvalue weighted by molar-refractivity contribution is 5.79. The second kappa shape index (κ2) is 10.3. The molecule has 0 aliphatic rings. The Labute approximate surface area is 147 Å². The molecule has 0 fully saturated rings. The predicted molar refractivity (Wildman–Crippen MR) is 97.6 cm³/mol. The van der Waals surface area contributed by atoms with Crippen LogP contribution in [0.15, 0.2) is 53.5 Å². The van der Waals surface area contributed by atoms with Crippen LogP contribution in [-0.4, -0.2) is 33.3 Å². The van der Waals surface area contributed by atoms with Gasteiger partial charge in [0.2, 0.25) is 0 Å². The highest BCUT2D eigenvalue weighted by Crippen LogP contribution is 2.27. The van der Waals surface area contributed by atoms with Gasteiger partial charge >= 0.3 is 0 Å². The smallest absolute Gasteiger partial charge is 0.191 e. The van der Waals surface area contributed by atoms with Gasteiger partial charge < -0.3 is 20.1 Å². The summed E-state index contributed by atoms with van der Waals surface area (Å²) in [6, 6.07) is 13.9. The highest BCUT2D eigenvalue weighted by atomic mass is 19.1. The van der Waals surface area contributed by atoms with E-state index in [-0.39, 0.29) is 11.6 Å². The van der Waals surface area contributed by atoms with Gasteiger partial charge in [0.1, 0.15) is 5.75 Å². The molecule has 0 amide bonds. The molecule has 2 rings (SSSR count). The van der Waals surface area contributed by atoms with E-state index in [1.807, 2.05) is 24.3 Å². The third kappa shape index (κ3) is 6.08. The molecule has 0 spiro atoms. The number of benzene rings is 2. The normalized spacial score (nSPS) is 11.2. The first-order chi connectivity index (χ1) is 12.2. The van der Waals surface area contributed by atoms with E-state index in [2.05, 4.69) is 15.6 Å². The van der Waals surface area contributed by atoms with Crippen LogP contribution in [0.1, 0.15) is 12.0 Å². The average molecular weight is 345 g/mol. The standard InChI is InChI=1S/C19H24FN3O2/c1-21-19(22-12-7-13-24-2)23-14-15-8-3-5-10-17(15)25-18-11-6-4-9-16(18)20/h3-6,8-11H,7,12-14H2,1-2H3,(H2,21,22,23). The Hall–Kier alpha value is -2.60. The molecule has 0 saturated heterocycles. The Bertz CT molecular complexity index is 692. The van der Waals surface area contributed by atoms with Crippen molar-refractivity contribution in [3.63, 3.8) is 0 Å². The molecule has 0 bridgehead atoms. The van der Waals surface area contributed by atoms with E-state index >= 15 is 0 Å². The molecule has 0 heterocycles. The zero-order chi connectivity index (χ0) is 17.9. The van der Waals surface area contributed by atoms with Gasteiger partial charge in [0, 0.05) is 39.4 Å². The maximum atomic E-state index is 13.8. The van der Waals surface area contributed by atoms with Crippen LogP contribution in [0.3, 0.4) is 0 Å². The maximum absolute atomic E-state index is 13.8. The maximum Gasteiger partial charge on any atom is 0.191 e.